The zero-order chi connectivity index (χ0) is 15.8. The molecule has 0 radical (unpaired) electrons. The monoisotopic (exact) mass is 293 g/mol. The normalized spacial score (nSPS) is 13.0. The average molecular weight is 293 g/mol. The van der Waals surface area contributed by atoms with Crippen LogP contribution in [-0.2, 0) is 14.3 Å². The van der Waals surface area contributed by atoms with Gasteiger partial charge in [0.2, 0.25) is 0 Å². The molecule has 0 aromatic heterocycles. The second-order valence-electron chi connectivity index (χ2n) is 4.62. The fourth-order valence-corrected chi connectivity index (χ4v) is 1.79. The lowest BCUT2D eigenvalue weighted by Crippen LogP contribution is -2.42. The minimum atomic E-state index is -1.18. The minimum absolute atomic E-state index is 0.0211. The van der Waals surface area contributed by atoms with Gasteiger partial charge in [-0.25, -0.2) is 4.79 Å². The fraction of sp³-hybridized carbons (Fsp3) is 0.400. The summed E-state index contributed by atoms with van der Waals surface area (Å²) in [6.45, 7) is 3.48. The van der Waals surface area contributed by atoms with Gasteiger partial charge < -0.3 is 15.2 Å². The van der Waals surface area contributed by atoms with E-state index < -0.39 is 29.8 Å². The second kappa shape index (κ2) is 8.04. The van der Waals surface area contributed by atoms with Crippen LogP contribution in [0.3, 0.4) is 0 Å². The summed E-state index contributed by atoms with van der Waals surface area (Å²) in [7, 11) is 0. The van der Waals surface area contributed by atoms with Crippen molar-refractivity contribution in [3.63, 3.8) is 0 Å². The molecule has 1 aromatic carbocycles. The molecule has 1 amide bonds. The van der Waals surface area contributed by atoms with Crippen LogP contribution >= 0.6 is 0 Å². The lowest BCUT2D eigenvalue weighted by Gasteiger charge is -2.18. The van der Waals surface area contributed by atoms with Gasteiger partial charge >= 0.3 is 11.9 Å². The molecular formula is C15H19NO5. The molecule has 0 saturated heterocycles. The maximum Gasteiger partial charge on any atom is 0.326 e. The molecule has 114 valence electrons. The number of carbonyl (C=O) groups excluding carboxylic acids is 2. The molecule has 2 atom stereocenters. The first kappa shape index (κ1) is 16.7. The van der Waals surface area contributed by atoms with E-state index in [4.69, 9.17) is 9.84 Å². The van der Waals surface area contributed by atoms with Gasteiger partial charge in [0.05, 0.1) is 12.5 Å². The third-order valence-corrected chi connectivity index (χ3v) is 2.92. The van der Waals surface area contributed by atoms with Crippen LogP contribution in [0.15, 0.2) is 30.3 Å². The Morgan fingerprint density at radius 2 is 1.86 bits per heavy atom. The SMILES string of the molecule is CCOC(=O)[C@@H](C)C[C@H](NC(=O)c1ccccc1)C(=O)O. The molecule has 0 aliphatic heterocycles. The molecule has 0 heterocycles. The van der Waals surface area contributed by atoms with Gasteiger partial charge in [0.15, 0.2) is 0 Å². The van der Waals surface area contributed by atoms with Crippen LogP contribution in [0.1, 0.15) is 30.6 Å². The number of rotatable bonds is 7. The fourth-order valence-electron chi connectivity index (χ4n) is 1.79. The number of ether oxygens (including phenoxy) is 1. The predicted molar refractivity (Wildman–Crippen MR) is 75.7 cm³/mol. The van der Waals surface area contributed by atoms with Crippen LogP contribution in [0.2, 0.25) is 0 Å². The summed E-state index contributed by atoms with van der Waals surface area (Å²) in [5.74, 6) is -2.76. The Hall–Kier alpha value is -2.37. The molecule has 2 N–H and O–H groups in total. The predicted octanol–water partition coefficient (Wildman–Crippen LogP) is 1.46. The first-order valence-electron chi connectivity index (χ1n) is 6.71. The highest BCUT2D eigenvalue weighted by Crippen LogP contribution is 2.10. The molecule has 0 aliphatic carbocycles. The number of carboxylic acids is 1. The van der Waals surface area contributed by atoms with Crippen molar-refractivity contribution in [1.29, 1.82) is 0 Å². The number of nitrogens with one attached hydrogen (secondary N) is 1. The Morgan fingerprint density at radius 1 is 1.24 bits per heavy atom. The van der Waals surface area contributed by atoms with E-state index in [1.807, 2.05) is 0 Å². The zero-order valence-corrected chi connectivity index (χ0v) is 12.0. The standard InChI is InChI=1S/C15H19NO5/c1-3-21-15(20)10(2)9-12(14(18)19)16-13(17)11-7-5-4-6-8-11/h4-8,10,12H,3,9H2,1-2H3,(H,16,17)(H,18,19)/t10-,12-/m0/s1. The largest absolute Gasteiger partial charge is 0.480 e. The highest BCUT2D eigenvalue weighted by atomic mass is 16.5. The van der Waals surface area contributed by atoms with Gasteiger partial charge in [-0.1, -0.05) is 25.1 Å². The number of carboxylic acid groups (broad SMARTS) is 1. The van der Waals surface area contributed by atoms with E-state index >= 15 is 0 Å². The lowest BCUT2D eigenvalue weighted by molar-refractivity contribution is -0.148. The van der Waals surface area contributed by atoms with Crippen LogP contribution in [0, 0.1) is 5.92 Å². The smallest absolute Gasteiger partial charge is 0.326 e. The molecule has 1 aromatic rings. The number of hydrogen-bond acceptors (Lipinski definition) is 4. The van der Waals surface area contributed by atoms with Crippen molar-refractivity contribution in [3.05, 3.63) is 35.9 Å². The van der Waals surface area contributed by atoms with E-state index in [0.29, 0.717) is 5.56 Å². The van der Waals surface area contributed by atoms with Crippen molar-refractivity contribution in [3.8, 4) is 0 Å². The maximum atomic E-state index is 11.9. The van der Waals surface area contributed by atoms with Crippen molar-refractivity contribution in [2.24, 2.45) is 5.92 Å². The first-order valence-corrected chi connectivity index (χ1v) is 6.71. The second-order valence-corrected chi connectivity index (χ2v) is 4.62. The van der Waals surface area contributed by atoms with E-state index in [1.54, 1.807) is 44.2 Å². The molecule has 1 rings (SSSR count). The summed E-state index contributed by atoms with van der Waals surface area (Å²) in [6, 6.07) is 7.16. The van der Waals surface area contributed by atoms with Crippen molar-refractivity contribution >= 4 is 17.8 Å². The summed E-state index contributed by atoms with van der Waals surface area (Å²) in [5.41, 5.74) is 0.368. The number of benzene rings is 1. The van der Waals surface area contributed by atoms with Gasteiger partial charge in [0.25, 0.3) is 5.91 Å². The van der Waals surface area contributed by atoms with Crippen LogP contribution in [0.25, 0.3) is 0 Å². The maximum absolute atomic E-state index is 11.9. The van der Waals surface area contributed by atoms with Gasteiger partial charge in [-0.3, -0.25) is 9.59 Å². The van der Waals surface area contributed by atoms with E-state index in [0.717, 1.165) is 0 Å². The third-order valence-electron chi connectivity index (χ3n) is 2.92. The van der Waals surface area contributed by atoms with Crippen LogP contribution in [0.5, 0.6) is 0 Å². The van der Waals surface area contributed by atoms with E-state index in [1.165, 1.54) is 0 Å². The Morgan fingerprint density at radius 3 is 2.38 bits per heavy atom. The minimum Gasteiger partial charge on any atom is -0.480 e. The van der Waals surface area contributed by atoms with E-state index in [9.17, 15) is 14.4 Å². The van der Waals surface area contributed by atoms with Crippen LogP contribution in [-0.4, -0.2) is 35.6 Å². The van der Waals surface area contributed by atoms with Gasteiger partial charge in [0, 0.05) is 5.56 Å². The molecule has 0 unspecified atom stereocenters. The third kappa shape index (κ3) is 5.25. The number of aliphatic carboxylic acids is 1. The number of esters is 1. The molecule has 0 saturated carbocycles. The zero-order valence-electron chi connectivity index (χ0n) is 12.0. The van der Waals surface area contributed by atoms with Crippen molar-refractivity contribution < 1.29 is 24.2 Å². The number of carbonyl (C=O) groups is 3. The average Bonchev–Trinajstić information content (AvgIpc) is 2.47. The Bertz CT molecular complexity index is 500. The molecule has 21 heavy (non-hydrogen) atoms. The number of hydrogen-bond donors (Lipinski definition) is 2. The van der Waals surface area contributed by atoms with Crippen molar-refractivity contribution in [1.82, 2.24) is 5.32 Å². The molecule has 6 heteroatoms. The van der Waals surface area contributed by atoms with Crippen molar-refractivity contribution in [2.75, 3.05) is 6.61 Å². The molecule has 0 bridgehead atoms. The molecule has 0 fully saturated rings. The summed E-state index contributed by atoms with van der Waals surface area (Å²) in [5, 5.41) is 11.6. The highest BCUT2D eigenvalue weighted by Gasteiger charge is 2.26. The van der Waals surface area contributed by atoms with Crippen LogP contribution in [0.4, 0.5) is 0 Å². The van der Waals surface area contributed by atoms with Crippen molar-refractivity contribution in [2.45, 2.75) is 26.3 Å². The molecule has 6 nitrogen and oxygen atoms in total. The first-order chi connectivity index (χ1) is 9.95. The van der Waals surface area contributed by atoms with E-state index in [2.05, 4.69) is 5.32 Å². The van der Waals surface area contributed by atoms with Crippen LogP contribution < -0.4 is 5.32 Å². The molecular weight excluding hydrogens is 274 g/mol. The Balaban J connectivity index is 2.68. The van der Waals surface area contributed by atoms with Gasteiger partial charge in [-0.2, -0.15) is 0 Å². The topological polar surface area (TPSA) is 92.7 Å². The Labute approximate surface area is 123 Å². The summed E-state index contributed by atoms with van der Waals surface area (Å²) in [6.07, 6.45) is -0.0211. The van der Waals surface area contributed by atoms with Gasteiger partial charge in [-0.15, -0.1) is 0 Å². The van der Waals surface area contributed by atoms with Gasteiger partial charge in [0.1, 0.15) is 6.04 Å². The lowest BCUT2D eigenvalue weighted by atomic mass is 10.0. The van der Waals surface area contributed by atoms with Gasteiger partial charge in [-0.05, 0) is 25.5 Å². The highest BCUT2D eigenvalue weighted by molar-refractivity contribution is 5.96. The Kier molecular flexibility index (Phi) is 6.39. The molecule has 0 spiro atoms. The molecule has 0 aliphatic rings. The summed E-state index contributed by atoms with van der Waals surface area (Å²) in [4.78, 5) is 34.7. The summed E-state index contributed by atoms with van der Waals surface area (Å²) >= 11 is 0. The number of amides is 1. The summed E-state index contributed by atoms with van der Waals surface area (Å²) < 4.78 is 4.83. The van der Waals surface area contributed by atoms with E-state index in [-0.39, 0.29) is 13.0 Å². The quantitative estimate of drug-likeness (QED) is 0.742.